The lowest BCUT2D eigenvalue weighted by Crippen LogP contribution is -2.52. The van der Waals surface area contributed by atoms with E-state index in [1.54, 1.807) is 0 Å². The Morgan fingerprint density at radius 1 is 1.24 bits per heavy atom. The summed E-state index contributed by atoms with van der Waals surface area (Å²) in [5.41, 5.74) is 4.94. The number of rotatable bonds is 8. The van der Waals surface area contributed by atoms with Gasteiger partial charge in [0.05, 0.1) is 6.04 Å². The highest BCUT2D eigenvalue weighted by molar-refractivity contribution is 5.80. The predicted molar refractivity (Wildman–Crippen MR) is 83.8 cm³/mol. The molecular weight excluding hydrogens is 270 g/mol. The molecule has 0 aliphatic rings. The molecule has 6 nitrogen and oxygen atoms in total. The number of primary amides is 1. The van der Waals surface area contributed by atoms with Gasteiger partial charge in [-0.1, -0.05) is 20.8 Å². The fraction of sp³-hybridized carbons (Fsp3) is 0.867. The number of hydrogen-bond donors (Lipinski definition) is 3. The molecule has 0 aromatic carbocycles. The lowest BCUT2D eigenvalue weighted by molar-refractivity contribution is -0.121. The van der Waals surface area contributed by atoms with Crippen molar-refractivity contribution in [2.75, 3.05) is 13.1 Å². The number of alkyl carbamates (subject to hydrolysis) is 1. The smallest absolute Gasteiger partial charge is 0.407 e. The highest BCUT2D eigenvalue weighted by Gasteiger charge is 2.29. The van der Waals surface area contributed by atoms with Gasteiger partial charge < -0.3 is 21.1 Å². The van der Waals surface area contributed by atoms with E-state index in [9.17, 15) is 9.59 Å². The summed E-state index contributed by atoms with van der Waals surface area (Å²) in [6, 6.07) is -0.458. The average molecular weight is 301 g/mol. The largest absolute Gasteiger partial charge is 0.444 e. The maximum atomic E-state index is 11.7. The SMILES string of the molecule is CCCNC(C(N)=O)C(CNC(=O)OC(C)(C)C)C(C)C. The first-order chi connectivity index (χ1) is 9.58. The highest BCUT2D eigenvalue weighted by atomic mass is 16.6. The van der Waals surface area contributed by atoms with E-state index < -0.39 is 23.6 Å². The minimum absolute atomic E-state index is 0.0819. The first-order valence-electron chi connectivity index (χ1n) is 7.58. The molecule has 0 fully saturated rings. The lowest BCUT2D eigenvalue weighted by Gasteiger charge is -2.29. The van der Waals surface area contributed by atoms with Gasteiger partial charge in [-0.05, 0) is 39.7 Å². The van der Waals surface area contributed by atoms with E-state index in [1.165, 1.54) is 0 Å². The Balaban J connectivity index is 4.66. The van der Waals surface area contributed by atoms with Gasteiger partial charge in [0.25, 0.3) is 0 Å². The van der Waals surface area contributed by atoms with Crippen molar-refractivity contribution in [2.24, 2.45) is 17.6 Å². The first-order valence-corrected chi connectivity index (χ1v) is 7.58. The van der Waals surface area contributed by atoms with Gasteiger partial charge in [-0.25, -0.2) is 4.79 Å². The molecule has 124 valence electrons. The molecule has 0 aromatic rings. The molecular formula is C15H31N3O3. The predicted octanol–water partition coefficient (Wildman–Crippen LogP) is 1.64. The molecule has 2 atom stereocenters. The Morgan fingerprint density at radius 2 is 1.81 bits per heavy atom. The maximum Gasteiger partial charge on any atom is 0.407 e. The molecule has 0 rings (SSSR count). The van der Waals surface area contributed by atoms with E-state index in [-0.39, 0.29) is 11.8 Å². The van der Waals surface area contributed by atoms with Crippen LogP contribution in [0.2, 0.25) is 0 Å². The highest BCUT2D eigenvalue weighted by Crippen LogP contribution is 2.15. The molecule has 0 bridgehead atoms. The Bertz CT molecular complexity index is 338. The van der Waals surface area contributed by atoms with Crippen molar-refractivity contribution in [3.63, 3.8) is 0 Å². The molecule has 4 N–H and O–H groups in total. The number of nitrogens with two attached hydrogens (primary N) is 1. The molecule has 2 amide bonds. The van der Waals surface area contributed by atoms with E-state index in [2.05, 4.69) is 10.6 Å². The van der Waals surface area contributed by atoms with Gasteiger partial charge in [0.1, 0.15) is 5.60 Å². The van der Waals surface area contributed by atoms with Gasteiger partial charge in [0, 0.05) is 12.5 Å². The number of amides is 2. The van der Waals surface area contributed by atoms with Gasteiger partial charge in [-0.2, -0.15) is 0 Å². The third-order valence-electron chi connectivity index (χ3n) is 3.09. The van der Waals surface area contributed by atoms with Crippen LogP contribution in [-0.4, -0.2) is 36.7 Å². The van der Waals surface area contributed by atoms with Crippen molar-refractivity contribution >= 4 is 12.0 Å². The van der Waals surface area contributed by atoms with Crippen molar-refractivity contribution in [2.45, 2.75) is 59.6 Å². The van der Waals surface area contributed by atoms with Crippen LogP contribution in [0.3, 0.4) is 0 Å². The number of hydrogen-bond acceptors (Lipinski definition) is 4. The van der Waals surface area contributed by atoms with Crippen LogP contribution in [0.15, 0.2) is 0 Å². The van der Waals surface area contributed by atoms with Crippen molar-refractivity contribution in [1.82, 2.24) is 10.6 Å². The number of nitrogens with one attached hydrogen (secondary N) is 2. The lowest BCUT2D eigenvalue weighted by atomic mass is 9.87. The maximum absolute atomic E-state index is 11.7. The Morgan fingerprint density at radius 3 is 2.19 bits per heavy atom. The van der Waals surface area contributed by atoms with E-state index >= 15 is 0 Å². The van der Waals surface area contributed by atoms with Crippen molar-refractivity contribution < 1.29 is 14.3 Å². The summed E-state index contributed by atoms with van der Waals surface area (Å²) in [5.74, 6) is -0.281. The van der Waals surface area contributed by atoms with E-state index in [1.807, 2.05) is 41.5 Å². The van der Waals surface area contributed by atoms with Gasteiger partial charge in [0.15, 0.2) is 0 Å². The van der Waals surface area contributed by atoms with Crippen LogP contribution >= 0.6 is 0 Å². The molecule has 0 aliphatic carbocycles. The second kappa shape index (κ2) is 8.87. The minimum Gasteiger partial charge on any atom is -0.444 e. The van der Waals surface area contributed by atoms with Gasteiger partial charge in [0.2, 0.25) is 5.91 Å². The van der Waals surface area contributed by atoms with Crippen LogP contribution in [-0.2, 0) is 9.53 Å². The topological polar surface area (TPSA) is 93.5 Å². The summed E-state index contributed by atoms with van der Waals surface area (Å²) in [6.45, 7) is 12.5. The zero-order valence-corrected chi connectivity index (χ0v) is 14.2. The van der Waals surface area contributed by atoms with Crippen LogP contribution in [0.5, 0.6) is 0 Å². The van der Waals surface area contributed by atoms with Gasteiger partial charge >= 0.3 is 6.09 Å². The summed E-state index contributed by atoms with van der Waals surface area (Å²) in [5, 5.41) is 5.88. The number of carbonyl (C=O) groups excluding carboxylic acids is 2. The normalized spacial score (nSPS) is 14.6. The zero-order chi connectivity index (χ0) is 16.6. The second-order valence-corrected chi connectivity index (χ2v) is 6.62. The average Bonchev–Trinajstić information content (AvgIpc) is 2.29. The number of carbonyl (C=O) groups is 2. The molecule has 0 heterocycles. The van der Waals surface area contributed by atoms with E-state index in [4.69, 9.17) is 10.5 Å². The van der Waals surface area contributed by atoms with Crippen LogP contribution in [0, 0.1) is 11.8 Å². The quantitative estimate of drug-likeness (QED) is 0.635. The summed E-state index contributed by atoms with van der Waals surface area (Å²) < 4.78 is 5.20. The summed E-state index contributed by atoms with van der Waals surface area (Å²) in [7, 11) is 0. The number of ether oxygens (including phenoxy) is 1. The molecule has 0 aromatic heterocycles. The van der Waals surface area contributed by atoms with Crippen LogP contribution in [0.4, 0.5) is 4.79 Å². The zero-order valence-electron chi connectivity index (χ0n) is 14.2. The summed E-state index contributed by atoms with van der Waals surface area (Å²) in [6.07, 6.45) is 0.431. The molecule has 0 spiro atoms. The molecule has 2 unspecified atom stereocenters. The van der Waals surface area contributed by atoms with Crippen LogP contribution < -0.4 is 16.4 Å². The van der Waals surface area contributed by atoms with Crippen LogP contribution in [0.1, 0.15) is 48.0 Å². The second-order valence-electron chi connectivity index (χ2n) is 6.62. The van der Waals surface area contributed by atoms with Crippen molar-refractivity contribution in [1.29, 1.82) is 0 Å². The Labute approximate surface area is 128 Å². The summed E-state index contributed by atoms with van der Waals surface area (Å²) in [4.78, 5) is 23.4. The van der Waals surface area contributed by atoms with Crippen LogP contribution in [0.25, 0.3) is 0 Å². The molecule has 0 radical (unpaired) electrons. The van der Waals surface area contributed by atoms with Crippen molar-refractivity contribution in [3.8, 4) is 0 Å². The van der Waals surface area contributed by atoms with Crippen molar-refractivity contribution in [3.05, 3.63) is 0 Å². The minimum atomic E-state index is -0.541. The van der Waals surface area contributed by atoms with Gasteiger partial charge in [-0.3, -0.25) is 4.79 Å². The Hall–Kier alpha value is -1.30. The molecule has 0 saturated heterocycles. The monoisotopic (exact) mass is 301 g/mol. The summed E-state index contributed by atoms with van der Waals surface area (Å²) >= 11 is 0. The third kappa shape index (κ3) is 8.55. The molecule has 0 aliphatic heterocycles. The first kappa shape index (κ1) is 19.7. The standard InChI is InChI=1S/C15H31N3O3/c1-7-8-17-12(13(16)19)11(10(2)3)9-18-14(20)21-15(4,5)6/h10-12,17H,7-9H2,1-6H3,(H2,16,19)(H,18,20). The Kier molecular flexibility index (Phi) is 8.32. The van der Waals surface area contributed by atoms with E-state index in [0.29, 0.717) is 13.1 Å². The fourth-order valence-corrected chi connectivity index (χ4v) is 2.02. The third-order valence-corrected chi connectivity index (χ3v) is 3.09. The molecule has 21 heavy (non-hydrogen) atoms. The fourth-order valence-electron chi connectivity index (χ4n) is 2.02. The van der Waals surface area contributed by atoms with Gasteiger partial charge in [-0.15, -0.1) is 0 Å². The molecule has 6 heteroatoms. The molecule has 0 saturated carbocycles. The van der Waals surface area contributed by atoms with E-state index in [0.717, 1.165) is 6.42 Å².